The predicted octanol–water partition coefficient (Wildman–Crippen LogP) is 4.38. The topological polar surface area (TPSA) is 112 Å². The van der Waals surface area contributed by atoms with E-state index >= 15 is 0 Å². The molecule has 2 aromatic carbocycles. The summed E-state index contributed by atoms with van der Waals surface area (Å²) in [6.07, 6.45) is 0.524. The quantitative estimate of drug-likeness (QED) is 0.303. The number of aliphatic hydroxyl groups excluding tert-OH is 3. The molecule has 4 atom stereocenters. The molecule has 1 amide bonds. The van der Waals surface area contributed by atoms with Crippen LogP contribution in [0.15, 0.2) is 66.9 Å². The van der Waals surface area contributed by atoms with Crippen LogP contribution in [0.5, 0.6) is 0 Å². The van der Waals surface area contributed by atoms with E-state index in [1.165, 1.54) is 11.3 Å². The van der Waals surface area contributed by atoms with Crippen LogP contribution in [0.25, 0.3) is 0 Å². The summed E-state index contributed by atoms with van der Waals surface area (Å²) in [5, 5.41) is 34.4. The molecule has 194 valence electrons. The lowest BCUT2D eigenvalue weighted by Crippen LogP contribution is -2.47. The average molecular weight is 513 g/mol. The number of rotatable bonds is 11. The lowest BCUT2D eigenvalue weighted by Gasteiger charge is -2.29. The number of nitrogens with zero attached hydrogens (tertiary/aromatic N) is 1. The van der Waals surface area contributed by atoms with Crippen molar-refractivity contribution in [2.45, 2.75) is 69.8 Å². The Bertz CT molecular complexity index is 1070. The van der Waals surface area contributed by atoms with Crippen LogP contribution in [0.2, 0.25) is 0 Å². The van der Waals surface area contributed by atoms with Crippen LogP contribution in [-0.4, -0.2) is 50.8 Å². The summed E-state index contributed by atoms with van der Waals surface area (Å²) in [5.41, 5.74) is 1.42. The number of alkyl carbamates (subject to hydrolysis) is 1. The summed E-state index contributed by atoms with van der Waals surface area (Å²) in [4.78, 5) is 17.7. The Morgan fingerprint density at radius 2 is 1.58 bits per heavy atom. The predicted molar refractivity (Wildman–Crippen MR) is 141 cm³/mol. The first-order chi connectivity index (χ1) is 17.1. The highest BCUT2D eigenvalue weighted by Crippen LogP contribution is 2.32. The van der Waals surface area contributed by atoms with Crippen molar-refractivity contribution >= 4 is 17.4 Å². The third-order valence-corrected chi connectivity index (χ3v) is 6.97. The maximum atomic E-state index is 12.6. The lowest BCUT2D eigenvalue weighted by molar-refractivity contribution is 0.0405. The summed E-state index contributed by atoms with van der Waals surface area (Å²) in [6, 6.07) is 19.0. The van der Waals surface area contributed by atoms with E-state index in [-0.39, 0.29) is 12.5 Å². The van der Waals surface area contributed by atoms with Crippen LogP contribution in [0, 0.1) is 0 Å². The van der Waals surface area contributed by atoms with Gasteiger partial charge in [-0.1, -0.05) is 60.7 Å². The van der Waals surface area contributed by atoms with Gasteiger partial charge in [-0.3, -0.25) is 0 Å². The Hall–Kier alpha value is -2.78. The van der Waals surface area contributed by atoms with Crippen molar-refractivity contribution in [2.75, 3.05) is 6.61 Å². The van der Waals surface area contributed by atoms with Crippen molar-refractivity contribution < 1.29 is 24.9 Å². The Kier molecular flexibility index (Phi) is 10.0. The molecule has 0 saturated carbocycles. The van der Waals surface area contributed by atoms with Gasteiger partial charge in [-0.15, -0.1) is 11.3 Å². The van der Waals surface area contributed by atoms with Crippen LogP contribution >= 0.6 is 11.3 Å². The largest absolute Gasteiger partial charge is 0.444 e. The molecule has 8 heteroatoms. The number of carbonyl (C=O) groups is 1. The summed E-state index contributed by atoms with van der Waals surface area (Å²) in [5.74, 6) is -0.161. The highest BCUT2D eigenvalue weighted by Gasteiger charge is 2.29. The van der Waals surface area contributed by atoms with E-state index in [0.29, 0.717) is 24.1 Å². The molecule has 1 aromatic heterocycles. The monoisotopic (exact) mass is 512 g/mol. The Morgan fingerprint density at radius 1 is 1.00 bits per heavy atom. The van der Waals surface area contributed by atoms with E-state index in [0.717, 1.165) is 16.1 Å². The molecule has 0 aliphatic heterocycles. The number of carbonyl (C=O) groups excluding carboxylic acids is 1. The molecule has 4 N–H and O–H groups in total. The molecule has 0 aliphatic carbocycles. The minimum absolute atomic E-state index is 0.161. The summed E-state index contributed by atoms with van der Waals surface area (Å²) in [6.45, 7) is 5.01. The van der Waals surface area contributed by atoms with E-state index in [1.807, 2.05) is 60.7 Å². The van der Waals surface area contributed by atoms with Gasteiger partial charge >= 0.3 is 6.09 Å². The normalized spacial score (nSPS) is 15.1. The first-order valence-electron chi connectivity index (χ1n) is 12.1. The number of amides is 1. The molecule has 0 fully saturated rings. The number of aromatic nitrogens is 1. The highest BCUT2D eigenvalue weighted by atomic mass is 32.1. The highest BCUT2D eigenvalue weighted by molar-refractivity contribution is 7.11. The number of aliphatic hydroxyl groups is 3. The van der Waals surface area contributed by atoms with Crippen LogP contribution in [0.1, 0.15) is 60.2 Å². The van der Waals surface area contributed by atoms with Crippen molar-refractivity contribution in [3.63, 3.8) is 0 Å². The van der Waals surface area contributed by atoms with Crippen LogP contribution in [0.3, 0.4) is 0 Å². The van der Waals surface area contributed by atoms with E-state index < -0.39 is 29.9 Å². The second-order valence-electron chi connectivity index (χ2n) is 9.93. The molecule has 3 rings (SSSR count). The summed E-state index contributed by atoms with van der Waals surface area (Å²) >= 11 is 1.33. The van der Waals surface area contributed by atoms with Gasteiger partial charge in [-0.05, 0) is 51.2 Å². The second kappa shape index (κ2) is 13.0. The molecule has 3 unspecified atom stereocenters. The van der Waals surface area contributed by atoms with Gasteiger partial charge < -0.3 is 25.4 Å². The Balaban J connectivity index is 1.84. The van der Waals surface area contributed by atoms with E-state index in [2.05, 4.69) is 10.3 Å². The molecule has 36 heavy (non-hydrogen) atoms. The molecule has 0 bridgehead atoms. The van der Waals surface area contributed by atoms with Crippen molar-refractivity contribution in [1.29, 1.82) is 0 Å². The van der Waals surface area contributed by atoms with Crippen molar-refractivity contribution in [3.8, 4) is 0 Å². The number of nitrogens with one attached hydrogen (secondary N) is 1. The summed E-state index contributed by atoms with van der Waals surface area (Å²) in [7, 11) is 0. The van der Waals surface area contributed by atoms with Gasteiger partial charge in [0, 0.05) is 12.1 Å². The molecular formula is C28H36N2O5S. The molecule has 7 nitrogen and oxygen atoms in total. The van der Waals surface area contributed by atoms with Crippen LogP contribution in [0.4, 0.5) is 4.79 Å². The lowest BCUT2D eigenvalue weighted by atomic mass is 9.89. The van der Waals surface area contributed by atoms with Gasteiger partial charge in [-0.2, -0.15) is 0 Å². The first kappa shape index (κ1) is 27.8. The fourth-order valence-electron chi connectivity index (χ4n) is 3.97. The third kappa shape index (κ3) is 8.71. The van der Waals surface area contributed by atoms with E-state index in [9.17, 15) is 20.1 Å². The van der Waals surface area contributed by atoms with Crippen LogP contribution < -0.4 is 5.32 Å². The fourth-order valence-corrected chi connectivity index (χ4v) is 4.98. The van der Waals surface area contributed by atoms with E-state index in [4.69, 9.17) is 4.74 Å². The third-order valence-electron chi connectivity index (χ3n) is 5.71. The second-order valence-corrected chi connectivity index (χ2v) is 11.0. The maximum absolute atomic E-state index is 12.6. The molecule has 0 saturated heterocycles. The van der Waals surface area contributed by atoms with Gasteiger partial charge in [0.1, 0.15) is 11.7 Å². The molecule has 0 aliphatic rings. The van der Waals surface area contributed by atoms with Gasteiger partial charge in [-0.25, -0.2) is 9.78 Å². The van der Waals surface area contributed by atoms with Crippen LogP contribution in [-0.2, 0) is 17.6 Å². The average Bonchev–Trinajstić information content (AvgIpc) is 3.33. The Labute approximate surface area is 216 Å². The summed E-state index contributed by atoms with van der Waals surface area (Å²) < 4.78 is 5.46. The SMILES string of the molecule is CC(C)(C)OC(=O)N[C@@H](Cc1ccccc1)C(O)CC(Cc1ccccc1)c1ncc(C(O)CO)s1. The standard InChI is InChI=1S/C28H36N2O5S/c1-28(2,3)35-27(34)30-22(15-20-12-8-5-9-13-20)23(32)16-21(14-19-10-6-4-7-11-19)26-29-17-25(36-26)24(33)18-31/h4-13,17,21-24,31-33H,14-16,18H2,1-3H3,(H,30,34)/t21?,22-,23?,24?/m0/s1. The van der Waals surface area contributed by atoms with Crippen molar-refractivity contribution in [2.24, 2.45) is 0 Å². The molecule has 3 aromatic rings. The fraction of sp³-hybridized carbons (Fsp3) is 0.429. The number of hydrogen-bond donors (Lipinski definition) is 4. The number of hydrogen-bond acceptors (Lipinski definition) is 7. The molecular weight excluding hydrogens is 476 g/mol. The zero-order valence-electron chi connectivity index (χ0n) is 21.0. The van der Waals surface area contributed by atoms with Gasteiger partial charge in [0.15, 0.2) is 0 Å². The minimum atomic E-state index is -0.988. The number of thiazole rings is 1. The molecule has 0 radical (unpaired) electrons. The minimum Gasteiger partial charge on any atom is -0.444 e. The number of ether oxygens (including phenoxy) is 1. The van der Waals surface area contributed by atoms with Crippen molar-refractivity contribution in [3.05, 3.63) is 87.9 Å². The molecule has 0 spiro atoms. The zero-order valence-corrected chi connectivity index (χ0v) is 21.8. The zero-order chi connectivity index (χ0) is 26.1. The van der Waals surface area contributed by atoms with Gasteiger partial charge in [0.25, 0.3) is 0 Å². The Morgan fingerprint density at radius 3 is 2.14 bits per heavy atom. The van der Waals surface area contributed by atoms with Gasteiger partial charge in [0.05, 0.1) is 28.6 Å². The molecule has 1 heterocycles. The van der Waals surface area contributed by atoms with Gasteiger partial charge in [0.2, 0.25) is 0 Å². The first-order valence-corrected chi connectivity index (χ1v) is 13.0. The van der Waals surface area contributed by atoms with E-state index in [1.54, 1.807) is 27.0 Å². The van der Waals surface area contributed by atoms with Crippen molar-refractivity contribution in [1.82, 2.24) is 10.3 Å². The smallest absolute Gasteiger partial charge is 0.407 e. The number of benzene rings is 2. The maximum Gasteiger partial charge on any atom is 0.407 e.